The van der Waals surface area contributed by atoms with Gasteiger partial charge in [-0.25, -0.2) is 4.79 Å². The zero-order chi connectivity index (χ0) is 27.8. The summed E-state index contributed by atoms with van der Waals surface area (Å²) >= 11 is 0. The van der Waals surface area contributed by atoms with Gasteiger partial charge in [-0.3, -0.25) is 4.79 Å². The minimum Gasteiger partial charge on any atom is -0.495 e. The lowest BCUT2D eigenvalue weighted by molar-refractivity contribution is -0.114. The van der Waals surface area contributed by atoms with Crippen molar-refractivity contribution in [2.75, 3.05) is 17.7 Å². The first-order valence-electron chi connectivity index (χ1n) is 11.9. The number of furan rings is 1. The van der Waals surface area contributed by atoms with Gasteiger partial charge in [0, 0.05) is 19.2 Å². The van der Waals surface area contributed by atoms with Crippen molar-refractivity contribution in [2.45, 2.75) is 24.9 Å². The van der Waals surface area contributed by atoms with Gasteiger partial charge in [-0.2, -0.15) is 8.42 Å². The van der Waals surface area contributed by atoms with Crippen LogP contribution in [0.15, 0.2) is 101 Å². The van der Waals surface area contributed by atoms with E-state index in [2.05, 4.69) is 10.6 Å². The molecule has 0 atom stereocenters. The highest BCUT2D eigenvalue weighted by Crippen LogP contribution is 2.25. The molecule has 0 saturated heterocycles. The zero-order valence-electron chi connectivity index (χ0n) is 21.3. The van der Waals surface area contributed by atoms with Crippen LogP contribution in [-0.4, -0.2) is 32.4 Å². The van der Waals surface area contributed by atoms with Gasteiger partial charge in [0.1, 0.15) is 22.2 Å². The van der Waals surface area contributed by atoms with Crippen molar-refractivity contribution in [1.29, 1.82) is 0 Å². The largest absolute Gasteiger partial charge is 0.495 e. The van der Waals surface area contributed by atoms with Crippen molar-refractivity contribution in [3.63, 3.8) is 0 Å². The fourth-order valence-electron chi connectivity index (χ4n) is 3.73. The molecule has 10 nitrogen and oxygen atoms in total. The highest BCUT2D eigenvalue weighted by Gasteiger charge is 2.20. The Bertz CT molecular complexity index is 1540. The van der Waals surface area contributed by atoms with Crippen LogP contribution < -0.4 is 19.6 Å². The first-order chi connectivity index (χ1) is 18.7. The molecule has 39 heavy (non-hydrogen) atoms. The standard InChI is InChI=1S/C28H27N3O7S/c1-20(32)29-22-12-14-25(15-13-22)39(34,35)38-23-8-5-7-21(17-23)18-31(19-24-9-6-16-37-24)28(33)30-26-10-3-4-11-27(26)36-2/h3-17H,18-19H2,1-2H3,(H,29,32)(H,30,33). The zero-order valence-corrected chi connectivity index (χ0v) is 22.1. The highest BCUT2D eigenvalue weighted by molar-refractivity contribution is 7.87. The van der Waals surface area contributed by atoms with E-state index in [9.17, 15) is 18.0 Å². The molecule has 0 bridgehead atoms. The molecule has 0 unspecified atom stereocenters. The first-order valence-corrected chi connectivity index (χ1v) is 13.3. The van der Waals surface area contributed by atoms with E-state index < -0.39 is 16.1 Å². The number of rotatable bonds is 10. The number of hydrogen-bond acceptors (Lipinski definition) is 7. The average molecular weight is 550 g/mol. The molecule has 0 radical (unpaired) electrons. The molecule has 0 aliphatic heterocycles. The monoisotopic (exact) mass is 549 g/mol. The van der Waals surface area contributed by atoms with Gasteiger partial charge in [0.05, 0.1) is 25.6 Å². The number of ether oxygens (including phenoxy) is 1. The number of carbonyl (C=O) groups excluding carboxylic acids is 2. The summed E-state index contributed by atoms with van der Waals surface area (Å²) in [6.45, 7) is 1.65. The molecule has 1 heterocycles. The van der Waals surface area contributed by atoms with Crippen LogP contribution in [0.3, 0.4) is 0 Å². The molecule has 2 N–H and O–H groups in total. The van der Waals surface area contributed by atoms with Crippen molar-refractivity contribution in [1.82, 2.24) is 4.90 Å². The number of methoxy groups -OCH3 is 1. The molecule has 202 valence electrons. The minimum atomic E-state index is -4.14. The summed E-state index contributed by atoms with van der Waals surface area (Å²) in [4.78, 5) is 25.9. The van der Waals surface area contributed by atoms with Gasteiger partial charge < -0.3 is 28.9 Å². The van der Waals surface area contributed by atoms with E-state index in [0.29, 0.717) is 28.4 Å². The third-order valence-electron chi connectivity index (χ3n) is 5.50. The van der Waals surface area contributed by atoms with Gasteiger partial charge >= 0.3 is 16.1 Å². The SMILES string of the molecule is COc1ccccc1NC(=O)N(Cc1cccc(OS(=O)(=O)c2ccc(NC(C)=O)cc2)c1)Cc1ccco1. The fraction of sp³-hybridized carbons (Fsp3) is 0.143. The summed E-state index contributed by atoms with van der Waals surface area (Å²) in [5, 5.41) is 5.43. The van der Waals surface area contributed by atoms with Gasteiger partial charge in [0.15, 0.2) is 0 Å². The van der Waals surface area contributed by atoms with Gasteiger partial charge in [0.25, 0.3) is 0 Å². The van der Waals surface area contributed by atoms with Crippen LogP contribution >= 0.6 is 0 Å². The predicted molar refractivity (Wildman–Crippen MR) is 145 cm³/mol. The Balaban J connectivity index is 1.51. The summed E-state index contributed by atoms with van der Waals surface area (Å²) in [6.07, 6.45) is 1.52. The van der Waals surface area contributed by atoms with Crippen LogP contribution in [0.5, 0.6) is 11.5 Å². The summed E-state index contributed by atoms with van der Waals surface area (Å²) in [5.41, 5.74) is 1.60. The summed E-state index contributed by atoms with van der Waals surface area (Å²) in [6, 6.07) is 22.2. The third-order valence-corrected chi connectivity index (χ3v) is 6.77. The second-order valence-electron chi connectivity index (χ2n) is 8.46. The highest BCUT2D eigenvalue weighted by atomic mass is 32.2. The molecular weight excluding hydrogens is 522 g/mol. The topological polar surface area (TPSA) is 127 Å². The van der Waals surface area contributed by atoms with E-state index >= 15 is 0 Å². The van der Waals surface area contributed by atoms with Crippen LogP contribution in [0, 0.1) is 0 Å². The summed E-state index contributed by atoms with van der Waals surface area (Å²) in [7, 11) is -2.63. The van der Waals surface area contributed by atoms with Crippen LogP contribution in [-0.2, 0) is 28.0 Å². The number of amides is 3. The number of urea groups is 1. The van der Waals surface area contributed by atoms with Crippen LogP contribution in [0.2, 0.25) is 0 Å². The van der Waals surface area contributed by atoms with Crippen molar-refractivity contribution >= 4 is 33.4 Å². The second kappa shape index (κ2) is 12.2. The molecule has 3 aromatic carbocycles. The lowest BCUT2D eigenvalue weighted by atomic mass is 10.2. The maximum Gasteiger partial charge on any atom is 0.339 e. The first kappa shape index (κ1) is 27.3. The van der Waals surface area contributed by atoms with Crippen LogP contribution in [0.1, 0.15) is 18.2 Å². The molecule has 0 aliphatic carbocycles. The number of para-hydroxylation sites is 2. The number of anilines is 2. The number of carbonyl (C=O) groups is 2. The second-order valence-corrected chi connectivity index (χ2v) is 10.0. The Morgan fingerprint density at radius 3 is 2.36 bits per heavy atom. The normalized spacial score (nSPS) is 10.9. The Hall–Kier alpha value is -4.77. The molecule has 1 aromatic heterocycles. The van der Waals surface area contributed by atoms with E-state index in [4.69, 9.17) is 13.3 Å². The van der Waals surface area contributed by atoms with Crippen LogP contribution in [0.4, 0.5) is 16.2 Å². The Morgan fingerprint density at radius 2 is 1.67 bits per heavy atom. The van der Waals surface area contributed by atoms with E-state index in [0.717, 1.165) is 0 Å². The number of nitrogens with one attached hydrogen (secondary N) is 2. The molecule has 4 rings (SSSR count). The van der Waals surface area contributed by atoms with Crippen molar-refractivity contribution in [3.05, 3.63) is 103 Å². The molecule has 11 heteroatoms. The lowest BCUT2D eigenvalue weighted by Gasteiger charge is -2.23. The molecule has 0 spiro atoms. The van der Waals surface area contributed by atoms with Crippen molar-refractivity contribution in [2.24, 2.45) is 0 Å². The van der Waals surface area contributed by atoms with Crippen LogP contribution in [0.25, 0.3) is 0 Å². The van der Waals surface area contributed by atoms with Gasteiger partial charge in [-0.1, -0.05) is 24.3 Å². The molecule has 3 amide bonds. The minimum absolute atomic E-state index is 0.0716. The van der Waals surface area contributed by atoms with E-state index in [1.807, 2.05) is 0 Å². The van der Waals surface area contributed by atoms with E-state index in [1.54, 1.807) is 54.6 Å². The maximum absolute atomic E-state index is 13.3. The quantitative estimate of drug-likeness (QED) is 0.259. The Kier molecular flexibility index (Phi) is 8.52. The smallest absolute Gasteiger partial charge is 0.339 e. The summed E-state index contributed by atoms with van der Waals surface area (Å²) in [5.74, 6) is 0.898. The molecule has 4 aromatic rings. The number of benzene rings is 3. The van der Waals surface area contributed by atoms with E-state index in [1.165, 1.54) is 55.5 Å². The molecule has 0 saturated carbocycles. The number of nitrogens with zero attached hydrogens (tertiary/aromatic N) is 1. The van der Waals surface area contributed by atoms with Gasteiger partial charge in [0.2, 0.25) is 5.91 Å². The maximum atomic E-state index is 13.3. The average Bonchev–Trinajstić information content (AvgIpc) is 3.42. The Labute approximate surface area is 226 Å². The lowest BCUT2D eigenvalue weighted by Crippen LogP contribution is -2.34. The van der Waals surface area contributed by atoms with E-state index in [-0.39, 0.29) is 29.6 Å². The number of hydrogen-bond donors (Lipinski definition) is 2. The molecule has 0 fully saturated rings. The molecular formula is C28H27N3O7S. The fourth-order valence-corrected chi connectivity index (χ4v) is 4.65. The van der Waals surface area contributed by atoms with Crippen molar-refractivity contribution < 1.29 is 31.3 Å². The molecule has 0 aliphatic rings. The Morgan fingerprint density at radius 1 is 0.897 bits per heavy atom. The van der Waals surface area contributed by atoms with Crippen molar-refractivity contribution in [3.8, 4) is 11.5 Å². The van der Waals surface area contributed by atoms with Gasteiger partial charge in [-0.15, -0.1) is 0 Å². The predicted octanol–water partition coefficient (Wildman–Crippen LogP) is 5.25. The van der Waals surface area contributed by atoms with Gasteiger partial charge in [-0.05, 0) is 66.2 Å². The summed E-state index contributed by atoms with van der Waals surface area (Å²) < 4.78 is 41.8. The third kappa shape index (κ3) is 7.39.